The number of benzene rings is 1. The predicted octanol–water partition coefficient (Wildman–Crippen LogP) is 2.19. The third kappa shape index (κ3) is 6.46. The third-order valence-electron chi connectivity index (χ3n) is 3.81. The van der Waals surface area contributed by atoms with Gasteiger partial charge in [-0.15, -0.1) is 0 Å². The Balaban J connectivity index is 1.90. The molecule has 0 radical (unpaired) electrons. The number of anilines is 1. The average Bonchev–Trinajstić information content (AvgIpc) is 3.20. The summed E-state index contributed by atoms with van der Waals surface area (Å²) in [6.07, 6.45) is 1.94. The summed E-state index contributed by atoms with van der Waals surface area (Å²) in [7, 11) is 1.53. The van der Waals surface area contributed by atoms with Crippen LogP contribution in [0.15, 0.2) is 47.1 Å². The predicted molar refractivity (Wildman–Crippen MR) is 104 cm³/mol. The molecule has 0 aliphatic rings. The summed E-state index contributed by atoms with van der Waals surface area (Å²) in [6.45, 7) is 3.70. The summed E-state index contributed by atoms with van der Waals surface area (Å²) in [5, 5.41) is 7.90. The summed E-state index contributed by atoms with van der Waals surface area (Å²) in [4.78, 5) is 36.0. The standard InChI is InChI=1S/C20H25N3O5/c1-13(2)10-16(19(25)21-3)23-18(24)12-28-15-7-4-6-14(11-15)22-20(26)17-8-5-9-27-17/h4-9,11,13,16H,10,12H2,1-3H3,(H,21,25)(H,22,26)(H,23,24). The third-order valence-corrected chi connectivity index (χ3v) is 3.81. The first-order valence-corrected chi connectivity index (χ1v) is 8.97. The number of furan rings is 1. The highest BCUT2D eigenvalue weighted by molar-refractivity contribution is 6.02. The lowest BCUT2D eigenvalue weighted by atomic mass is 10.0. The van der Waals surface area contributed by atoms with Crippen LogP contribution < -0.4 is 20.7 Å². The number of rotatable bonds is 9. The van der Waals surface area contributed by atoms with E-state index in [2.05, 4.69) is 16.0 Å². The Morgan fingerprint density at radius 1 is 1.14 bits per heavy atom. The Morgan fingerprint density at radius 3 is 2.57 bits per heavy atom. The Hall–Kier alpha value is -3.29. The van der Waals surface area contributed by atoms with Gasteiger partial charge in [0.1, 0.15) is 11.8 Å². The van der Waals surface area contributed by atoms with E-state index in [9.17, 15) is 14.4 Å². The molecule has 8 nitrogen and oxygen atoms in total. The molecule has 3 N–H and O–H groups in total. The quantitative estimate of drug-likeness (QED) is 0.611. The van der Waals surface area contributed by atoms with E-state index in [0.29, 0.717) is 17.9 Å². The van der Waals surface area contributed by atoms with Gasteiger partial charge in [-0.05, 0) is 36.6 Å². The molecule has 0 spiro atoms. The molecule has 0 fully saturated rings. The minimum absolute atomic E-state index is 0.191. The van der Waals surface area contributed by atoms with Gasteiger partial charge in [0.05, 0.1) is 6.26 Å². The normalized spacial score (nSPS) is 11.6. The van der Waals surface area contributed by atoms with Crippen molar-refractivity contribution in [1.82, 2.24) is 10.6 Å². The fourth-order valence-electron chi connectivity index (χ4n) is 2.53. The molecular weight excluding hydrogens is 362 g/mol. The first-order valence-electron chi connectivity index (χ1n) is 8.97. The van der Waals surface area contributed by atoms with Crippen LogP contribution in [0.5, 0.6) is 5.75 Å². The minimum atomic E-state index is -0.611. The van der Waals surface area contributed by atoms with Crippen LogP contribution in [0, 0.1) is 5.92 Å². The highest BCUT2D eigenvalue weighted by Gasteiger charge is 2.21. The molecule has 1 aromatic heterocycles. The first kappa shape index (κ1) is 21.0. The van der Waals surface area contributed by atoms with Crippen molar-refractivity contribution in [2.75, 3.05) is 19.0 Å². The number of ether oxygens (including phenoxy) is 1. The molecule has 1 heterocycles. The lowest BCUT2D eigenvalue weighted by Gasteiger charge is -2.19. The summed E-state index contributed by atoms with van der Waals surface area (Å²) in [6, 6.07) is 9.21. The van der Waals surface area contributed by atoms with E-state index in [1.54, 1.807) is 36.4 Å². The second-order valence-electron chi connectivity index (χ2n) is 6.61. The van der Waals surface area contributed by atoms with Gasteiger partial charge in [-0.25, -0.2) is 0 Å². The van der Waals surface area contributed by atoms with Gasteiger partial charge in [0.25, 0.3) is 11.8 Å². The smallest absolute Gasteiger partial charge is 0.291 e. The highest BCUT2D eigenvalue weighted by atomic mass is 16.5. The van der Waals surface area contributed by atoms with Crippen molar-refractivity contribution in [3.05, 3.63) is 48.4 Å². The molecule has 3 amide bonds. The van der Waals surface area contributed by atoms with Gasteiger partial charge in [-0.1, -0.05) is 19.9 Å². The minimum Gasteiger partial charge on any atom is -0.484 e. The van der Waals surface area contributed by atoms with E-state index in [-0.39, 0.29) is 30.1 Å². The van der Waals surface area contributed by atoms with Crippen molar-refractivity contribution in [2.24, 2.45) is 5.92 Å². The van der Waals surface area contributed by atoms with Crippen LogP contribution in [-0.4, -0.2) is 37.4 Å². The number of hydrogen-bond donors (Lipinski definition) is 3. The van der Waals surface area contributed by atoms with Gasteiger partial charge in [-0.2, -0.15) is 0 Å². The molecule has 0 aliphatic heterocycles. The maximum Gasteiger partial charge on any atom is 0.291 e. The Bertz CT molecular complexity index is 802. The number of amides is 3. The van der Waals surface area contributed by atoms with Crippen molar-refractivity contribution in [3.63, 3.8) is 0 Å². The van der Waals surface area contributed by atoms with Crippen LogP contribution in [0.1, 0.15) is 30.8 Å². The molecule has 8 heteroatoms. The largest absolute Gasteiger partial charge is 0.484 e. The maximum absolute atomic E-state index is 12.1. The van der Waals surface area contributed by atoms with Crippen molar-refractivity contribution in [1.29, 1.82) is 0 Å². The lowest BCUT2D eigenvalue weighted by molar-refractivity contribution is -0.130. The molecule has 0 bridgehead atoms. The Labute approximate surface area is 163 Å². The van der Waals surface area contributed by atoms with Crippen LogP contribution >= 0.6 is 0 Å². The van der Waals surface area contributed by atoms with Crippen molar-refractivity contribution in [2.45, 2.75) is 26.3 Å². The number of likely N-dealkylation sites (N-methyl/N-ethyl adjacent to an activating group) is 1. The van der Waals surface area contributed by atoms with Crippen molar-refractivity contribution in [3.8, 4) is 5.75 Å². The van der Waals surface area contributed by atoms with Gasteiger partial charge in [-0.3, -0.25) is 14.4 Å². The van der Waals surface area contributed by atoms with Gasteiger partial charge in [0.2, 0.25) is 5.91 Å². The van der Waals surface area contributed by atoms with Crippen LogP contribution in [0.2, 0.25) is 0 Å². The van der Waals surface area contributed by atoms with Crippen LogP contribution in [0.3, 0.4) is 0 Å². The van der Waals surface area contributed by atoms with Gasteiger partial charge in [0.15, 0.2) is 12.4 Å². The summed E-state index contributed by atoms with van der Waals surface area (Å²) in [5.41, 5.74) is 0.502. The van der Waals surface area contributed by atoms with Gasteiger partial charge in [0, 0.05) is 18.8 Å². The summed E-state index contributed by atoms with van der Waals surface area (Å²) in [5.74, 6) is -0.187. The van der Waals surface area contributed by atoms with Crippen LogP contribution in [0.25, 0.3) is 0 Å². The summed E-state index contributed by atoms with van der Waals surface area (Å²) < 4.78 is 10.5. The molecule has 1 unspecified atom stereocenters. The molecule has 0 saturated carbocycles. The van der Waals surface area contributed by atoms with Crippen LogP contribution in [0.4, 0.5) is 5.69 Å². The van der Waals surface area contributed by atoms with E-state index >= 15 is 0 Å². The fraction of sp³-hybridized carbons (Fsp3) is 0.350. The zero-order valence-electron chi connectivity index (χ0n) is 16.2. The molecule has 2 rings (SSSR count). The van der Waals surface area contributed by atoms with Crippen molar-refractivity contribution >= 4 is 23.4 Å². The highest BCUT2D eigenvalue weighted by Crippen LogP contribution is 2.18. The van der Waals surface area contributed by atoms with E-state index in [1.807, 2.05) is 13.8 Å². The van der Waals surface area contributed by atoms with E-state index in [1.165, 1.54) is 13.3 Å². The zero-order chi connectivity index (χ0) is 20.5. The van der Waals surface area contributed by atoms with Crippen LogP contribution in [-0.2, 0) is 9.59 Å². The number of carbonyl (C=O) groups is 3. The summed E-state index contributed by atoms with van der Waals surface area (Å²) >= 11 is 0. The van der Waals surface area contributed by atoms with E-state index in [4.69, 9.17) is 9.15 Å². The molecule has 28 heavy (non-hydrogen) atoms. The molecule has 2 aromatic rings. The molecule has 0 aliphatic carbocycles. The number of carbonyl (C=O) groups excluding carboxylic acids is 3. The number of nitrogens with one attached hydrogen (secondary N) is 3. The molecular formula is C20H25N3O5. The zero-order valence-corrected chi connectivity index (χ0v) is 16.2. The van der Waals surface area contributed by atoms with Crippen molar-refractivity contribution < 1.29 is 23.5 Å². The number of hydrogen-bond acceptors (Lipinski definition) is 5. The maximum atomic E-state index is 12.1. The second kappa shape index (κ2) is 10.1. The molecule has 150 valence electrons. The lowest BCUT2D eigenvalue weighted by Crippen LogP contribution is -2.47. The van der Waals surface area contributed by atoms with E-state index in [0.717, 1.165) is 0 Å². The average molecular weight is 387 g/mol. The molecule has 1 atom stereocenters. The first-order chi connectivity index (χ1) is 13.4. The topological polar surface area (TPSA) is 110 Å². The van der Waals surface area contributed by atoms with E-state index < -0.39 is 11.9 Å². The second-order valence-corrected chi connectivity index (χ2v) is 6.61. The monoisotopic (exact) mass is 387 g/mol. The van der Waals surface area contributed by atoms with Gasteiger partial charge >= 0.3 is 0 Å². The molecule has 0 saturated heterocycles. The fourth-order valence-corrected chi connectivity index (χ4v) is 2.53. The Morgan fingerprint density at radius 2 is 1.93 bits per heavy atom. The van der Waals surface area contributed by atoms with Gasteiger partial charge < -0.3 is 25.1 Å². The SMILES string of the molecule is CNC(=O)C(CC(C)C)NC(=O)COc1cccc(NC(=O)c2ccco2)c1. The Kier molecular flexibility index (Phi) is 7.62. The molecule has 1 aromatic carbocycles.